The second-order valence-electron chi connectivity index (χ2n) is 5.09. The van der Waals surface area contributed by atoms with Crippen molar-refractivity contribution in [3.8, 4) is 17.2 Å². The zero-order chi connectivity index (χ0) is 16.9. The fourth-order valence-electron chi connectivity index (χ4n) is 2.14. The van der Waals surface area contributed by atoms with Gasteiger partial charge in [-0.15, -0.1) is 10.2 Å². The zero-order valence-corrected chi connectivity index (χ0v) is 13.3. The Bertz CT molecular complexity index is 813. The van der Waals surface area contributed by atoms with Gasteiger partial charge in [-0.1, -0.05) is 18.2 Å². The highest BCUT2D eigenvalue weighted by Gasteiger charge is 2.16. The standard InChI is InChI=1S/C18H16N2O4/c1-12(23-15-10-8-14(9-11-15)18(21)22-2)16-19-20-17(24-16)13-6-4-3-5-7-13/h3-12H,1-2H3/t12-/m1/s1. The Labute approximate surface area is 139 Å². The molecule has 0 amide bonds. The third-order valence-electron chi connectivity index (χ3n) is 3.40. The van der Waals surface area contributed by atoms with Crippen LogP contribution in [0.15, 0.2) is 59.0 Å². The Morgan fingerprint density at radius 1 is 1.04 bits per heavy atom. The van der Waals surface area contributed by atoms with E-state index in [1.54, 1.807) is 24.3 Å². The summed E-state index contributed by atoms with van der Waals surface area (Å²) in [4.78, 5) is 11.4. The number of carbonyl (C=O) groups excluding carboxylic acids is 1. The van der Waals surface area contributed by atoms with Gasteiger partial charge in [-0.3, -0.25) is 0 Å². The van der Waals surface area contributed by atoms with Gasteiger partial charge in [0.1, 0.15) is 5.75 Å². The second kappa shape index (κ2) is 6.95. The normalized spacial score (nSPS) is 11.8. The molecule has 2 aromatic carbocycles. The van der Waals surface area contributed by atoms with Gasteiger partial charge in [0.2, 0.25) is 5.89 Å². The van der Waals surface area contributed by atoms with Crippen LogP contribution in [0.1, 0.15) is 29.3 Å². The number of aromatic nitrogens is 2. The number of nitrogens with zero attached hydrogens (tertiary/aromatic N) is 2. The summed E-state index contributed by atoms with van der Waals surface area (Å²) in [5, 5.41) is 8.07. The van der Waals surface area contributed by atoms with Gasteiger partial charge in [0.15, 0.2) is 6.10 Å². The molecular formula is C18H16N2O4. The minimum absolute atomic E-state index is 0.380. The molecular weight excluding hydrogens is 308 g/mol. The fourth-order valence-corrected chi connectivity index (χ4v) is 2.14. The number of carbonyl (C=O) groups is 1. The maximum Gasteiger partial charge on any atom is 0.337 e. The number of esters is 1. The Morgan fingerprint density at radius 2 is 1.75 bits per heavy atom. The first-order valence-corrected chi connectivity index (χ1v) is 7.41. The van der Waals surface area contributed by atoms with Gasteiger partial charge in [-0.2, -0.15) is 0 Å². The first-order valence-electron chi connectivity index (χ1n) is 7.41. The molecule has 0 saturated heterocycles. The van der Waals surface area contributed by atoms with Gasteiger partial charge in [0.25, 0.3) is 5.89 Å². The zero-order valence-electron chi connectivity index (χ0n) is 13.3. The van der Waals surface area contributed by atoms with Crippen molar-refractivity contribution in [3.63, 3.8) is 0 Å². The van der Waals surface area contributed by atoms with Crippen LogP contribution in [0.2, 0.25) is 0 Å². The van der Waals surface area contributed by atoms with Crippen LogP contribution >= 0.6 is 0 Å². The van der Waals surface area contributed by atoms with Crippen LogP contribution in [0.4, 0.5) is 0 Å². The first-order chi connectivity index (χ1) is 11.7. The summed E-state index contributed by atoms with van der Waals surface area (Å²) in [6.45, 7) is 1.82. The topological polar surface area (TPSA) is 74.5 Å². The molecule has 0 aliphatic carbocycles. The summed E-state index contributed by atoms with van der Waals surface area (Å²) in [6.07, 6.45) is -0.418. The molecule has 0 radical (unpaired) electrons. The monoisotopic (exact) mass is 324 g/mol. The predicted molar refractivity (Wildman–Crippen MR) is 86.6 cm³/mol. The summed E-state index contributed by atoms with van der Waals surface area (Å²) in [7, 11) is 1.34. The van der Waals surface area contributed by atoms with Crippen LogP contribution < -0.4 is 4.74 Å². The Kier molecular flexibility index (Phi) is 4.56. The number of benzene rings is 2. The van der Waals surface area contributed by atoms with Crippen molar-refractivity contribution in [1.29, 1.82) is 0 Å². The lowest BCUT2D eigenvalue weighted by molar-refractivity contribution is 0.0600. The lowest BCUT2D eigenvalue weighted by Crippen LogP contribution is -2.04. The van der Waals surface area contributed by atoms with Crippen molar-refractivity contribution in [2.75, 3.05) is 7.11 Å². The van der Waals surface area contributed by atoms with Gasteiger partial charge in [-0.25, -0.2) is 4.79 Å². The number of ether oxygens (including phenoxy) is 2. The number of rotatable bonds is 5. The lowest BCUT2D eigenvalue weighted by atomic mass is 10.2. The molecule has 1 heterocycles. The van der Waals surface area contributed by atoms with Gasteiger partial charge in [-0.05, 0) is 43.3 Å². The van der Waals surface area contributed by atoms with E-state index in [9.17, 15) is 4.79 Å². The van der Waals surface area contributed by atoms with Crippen LogP contribution in [0.25, 0.3) is 11.5 Å². The third-order valence-corrected chi connectivity index (χ3v) is 3.40. The summed E-state index contributed by atoms with van der Waals surface area (Å²) < 4.78 is 16.1. The molecule has 3 rings (SSSR count). The van der Waals surface area contributed by atoms with E-state index < -0.39 is 6.10 Å². The highest BCUT2D eigenvalue weighted by atomic mass is 16.5. The van der Waals surface area contributed by atoms with Crippen LogP contribution in [0.5, 0.6) is 5.75 Å². The Morgan fingerprint density at radius 3 is 2.42 bits per heavy atom. The van der Waals surface area contributed by atoms with Crippen molar-refractivity contribution in [1.82, 2.24) is 10.2 Å². The maximum absolute atomic E-state index is 11.4. The minimum atomic E-state index is -0.418. The van der Waals surface area contributed by atoms with Crippen LogP contribution in [0, 0.1) is 0 Å². The van der Waals surface area contributed by atoms with Crippen molar-refractivity contribution in [2.24, 2.45) is 0 Å². The van der Waals surface area contributed by atoms with E-state index in [2.05, 4.69) is 14.9 Å². The predicted octanol–water partition coefficient (Wildman–Crippen LogP) is 3.66. The molecule has 0 unspecified atom stereocenters. The Balaban J connectivity index is 1.70. The van der Waals surface area contributed by atoms with Crippen LogP contribution in [-0.2, 0) is 4.74 Å². The van der Waals surface area contributed by atoms with Gasteiger partial charge < -0.3 is 13.9 Å². The fraction of sp³-hybridized carbons (Fsp3) is 0.167. The van der Waals surface area contributed by atoms with Gasteiger partial charge in [0, 0.05) is 5.56 Å². The van der Waals surface area contributed by atoms with E-state index in [4.69, 9.17) is 9.15 Å². The number of methoxy groups -OCH3 is 1. The Hall–Kier alpha value is -3.15. The highest BCUT2D eigenvalue weighted by molar-refractivity contribution is 5.89. The molecule has 24 heavy (non-hydrogen) atoms. The van der Waals surface area contributed by atoms with Crippen molar-refractivity contribution < 1.29 is 18.7 Å². The highest BCUT2D eigenvalue weighted by Crippen LogP contribution is 2.24. The van der Waals surface area contributed by atoms with E-state index in [1.807, 2.05) is 37.3 Å². The molecule has 0 aliphatic rings. The summed E-state index contributed by atoms with van der Waals surface area (Å²) >= 11 is 0. The molecule has 122 valence electrons. The summed E-state index contributed by atoms with van der Waals surface area (Å²) in [6, 6.07) is 16.2. The van der Waals surface area contributed by atoms with E-state index in [-0.39, 0.29) is 5.97 Å². The molecule has 1 aromatic heterocycles. The average molecular weight is 324 g/mol. The molecule has 0 spiro atoms. The lowest BCUT2D eigenvalue weighted by Gasteiger charge is -2.11. The molecule has 6 heteroatoms. The van der Waals surface area contributed by atoms with Crippen LogP contribution in [0.3, 0.4) is 0 Å². The molecule has 0 N–H and O–H groups in total. The molecule has 0 bridgehead atoms. The number of hydrogen-bond donors (Lipinski definition) is 0. The molecule has 3 aromatic rings. The maximum atomic E-state index is 11.4. The average Bonchev–Trinajstić information content (AvgIpc) is 3.13. The van der Waals surface area contributed by atoms with E-state index >= 15 is 0 Å². The SMILES string of the molecule is COC(=O)c1ccc(O[C@H](C)c2nnc(-c3ccccc3)o2)cc1. The van der Waals surface area contributed by atoms with Gasteiger partial charge in [0.05, 0.1) is 12.7 Å². The molecule has 0 fully saturated rings. The number of hydrogen-bond acceptors (Lipinski definition) is 6. The summed E-state index contributed by atoms with van der Waals surface area (Å²) in [5.41, 5.74) is 1.31. The van der Waals surface area contributed by atoms with E-state index in [0.29, 0.717) is 23.1 Å². The first kappa shape index (κ1) is 15.7. The molecule has 6 nitrogen and oxygen atoms in total. The third kappa shape index (κ3) is 3.43. The summed E-state index contributed by atoms with van der Waals surface area (Å²) in [5.74, 6) is 1.03. The quantitative estimate of drug-likeness (QED) is 0.667. The van der Waals surface area contributed by atoms with Crippen molar-refractivity contribution >= 4 is 5.97 Å². The molecule has 0 aliphatic heterocycles. The van der Waals surface area contributed by atoms with E-state index in [1.165, 1.54) is 7.11 Å². The second-order valence-corrected chi connectivity index (χ2v) is 5.09. The molecule has 1 atom stereocenters. The van der Waals surface area contributed by atoms with Crippen molar-refractivity contribution in [2.45, 2.75) is 13.0 Å². The van der Waals surface area contributed by atoms with E-state index in [0.717, 1.165) is 5.56 Å². The molecule has 0 saturated carbocycles. The largest absolute Gasteiger partial charge is 0.481 e. The van der Waals surface area contributed by atoms with Gasteiger partial charge >= 0.3 is 5.97 Å². The minimum Gasteiger partial charge on any atom is -0.481 e. The smallest absolute Gasteiger partial charge is 0.337 e. The van der Waals surface area contributed by atoms with Crippen LogP contribution in [-0.4, -0.2) is 23.3 Å². The van der Waals surface area contributed by atoms with Crippen molar-refractivity contribution in [3.05, 3.63) is 66.1 Å².